The average molecular weight is 342 g/mol. The molecule has 1 unspecified atom stereocenters. The van der Waals surface area contributed by atoms with Gasteiger partial charge in [0.15, 0.2) is 0 Å². The second-order valence-corrected chi connectivity index (χ2v) is 6.33. The lowest BCUT2D eigenvalue weighted by atomic mass is 9.79. The molecule has 1 atom stereocenters. The van der Waals surface area contributed by atoms with Crippen LogP contribution in [0, 0.1) is 0 Å². The minimum Gasteiger partial charge on any atom is -0.359 e. The summed E-state index contributed by atoms with van der Waals surface area (Å²) in [5.74, 6) is 0. The Balaban J connectivity index is 2.10. The summed E-state index contributed by atoms with van der Waals surface area (Å²) in [5.41, 5.74) is 2.86. The summed E-state index contributed by atoms with van der Waals surface area (Å²) in [7, 11) is 0. The third-order valence-electron chi connectivity index (χ3n) is 4.32. The van der Waals surface area contributed by atoms with Gasteiger partial charge in [0.05, 0.1) is 5.60 Å². The SMILES string of the molecule is CC1(CI)OC2(CCCCC2)c2ccccc21. The van der Waals surface area contributed by atoms with Crippen molar-refractivity contribution in [1.29, 1.82) is 0 Å². The quantitative estimate of drug-likeness (QED) is 0.538. The van der Waals surface area contributed by atoms with Crippen molar-refractivity contribution in [2.75, 3.05) is 4.43 Å². The normalized spacial score (nSPS) is 30.5. The zero-order valence-electron chi connectivity index (χ0n) is 10.3. The molecule has 1 aromatic carbocycles. The minimum absolute atomic E-state index is 0.0365. The molecule has 1 aromatic rings. The molecule has 0 aromatic heterocycles. The van der Waals surface area contributed by atoms with Crippen LogP contribution in [0.5, 0.6) is 0 Å². The summed E-state index contributed by atoms with van der Waals surface area (Å²) in [6.45, 7) is 2.25. The zero-order valence-corrected chi connectivity index (χ0v) is 12.5. The van der Waals surface area contributed by atoms with Gasteiger partial charge in [-0.25, -0.2) is 0 Å². The van der Waals surface area contributed by atoms with Gasteiger partial charge in [-0.05, 0) is 30.9 Å². The molecule has 3 rings (SSSR count). The van der Waals surface area contributed by atoms with Gasteiger partial charge in [-0.2, -0.15) is 0 Å². The Bertz CT molecular complexity index is 423. The smallest absolute Gasteiger partial charge is 0.101 e. The van der Waals surface area contributed by atoms with Gasteiger partial charge in [-0.15, -0.1) is 0 Å². The van der Waals surface area contributed by atoms with E-state index in [0.717, 1.165) is 4.43 Å². The highest BCUT2D eigenvalue weighted by Crippen LogP contribution is 2.54. The van der Waals surface area contributed by atoms with Crippen molar-refractivity contribution in [3.63, 3.8) is 0 Å². The van der Waals surface area contributed by atoms with E-state index in [0.29, 0.717) is 0 Å². The molecule has 1 saturated carbocycles. The lowest BCUT2D eigenvalue weighted by molar-refractivity contribution is -0.138. The standard InChI is InChI=1S/C15H19IO/c1-14(11-16)12-7-3-4-8-13(12)15(17-14)9-5-2-6-10-15/h3-4,7-8H,2,5-6,9-11H2,1H3. The lowest BCUT2D eigenvalue weighted by Crippen LogP contribution is -2.33. The summed E-state index contributed by atoms with van der Waals surface area (Å²) in [6.07, 6.45) is 6.40. The Morgan fingerprint density at radius 3 is 2.41 bits per heavy atom. The van der Waals surface area contributed by atoms with Crippen LogP contribution in [0.25, 0.3) is 0 Å². The van der Waals surface area contributed by atoms with Gasteiger partial charge in [-0.3, -0.25) is 0 Å². The van der Waals surface area contributed by atoms with Crippen molar-refractivity contribution in [2.24, 2.45) is 0 Å². The summed E-state index contributed by atoms with van der Waals surface area (Å²) < 4.78 is 7.62. The third kappa shape index (κ3) is 1.75. The Hall–Kier alpha value is -0.0900. The highest BCUT2D eigenvalue weighted by molar-refractivity contribution is 14.1. The Morgan fingerprint density at radius 2 is 1.76 bits per heavy atom. The molecule has 2 heteroatoms. The monoisotopic (exact) mass is 342 g/mol. The van der Waals surface area contributed by atoms with Gasteiger partial charge in [0.1, 0.15) is 5.60 Å². The first kappa shape index (κ1) is 12.0. The van der Waals surface area contributed by atoms with E-state index in [1.807, 2.05) is 0 Å². The van der Waals surface area contributed by atoms with E-state index in [4.69, 9.17) is 4.74 Å². The molecule has 92 valence electrons. The molecule has 0 radical (unpaired) electrons. The summed E-state index contributed by atoms with van der Waals surface area (Å²) in [6, 6.07) is 8.86. The number of rotatable bonds is 1. The van der Waals surface area contributed by atoms with Crippen LogP contribution < -0.4 is 0 Å². The Kier molecular flexibility index (Phi) is 2.98. The largest absolute Gasteiger partial charge is 0.359 e. The number of fused-ring (bicyclic) bond motifs is 2. The summed E-state index contributed by atoms with van der Waals surface area (Å²) >= 11 is 2.46. The molecule has 1 aliphatic carbocycles. The van der Waals surface area contributed by atoms with E-state index < -0.39 is 0 Å². The molecule has 0 N–H and O–H groups in total. The summed E-state index contributed by atoms with van der Waals surface area (Å²) in [5, 5.41) is 0. The molecule has 17 heavy (non-hydrogen) atoms. The van der Waals surface area contributed by atoms with Crippen molar-refractivity contribution >= 4 is 22.6 Å². The van der Waals surface area contributed by atoms with Crippen LogP contribution in [0.2, 0.25) is 0 Å². The molecule has 1 nitrogen and oxygen atoms in total. The van der Waals surface area contributed by atoms with Gasteiger partial charge in [0, 0.05) is 4.43 Å². The highest BCUT2D eigenvalue weighted by Gasteiger charge is 2.50. The Labute approximate surface area is 117 Å². The van der Waals surface area contributed by atoms with E-state index in [9.17, 15) is 0 Å². The van der Waals surface area contributed by atoms with E-state index in [1.54, 1.807) is 0 Å². The molecule has 1 heterocycles. The van der Waals surface area contributed by atoms with Crippen LogP contribution in [-0.4, -0.2) is 4.43 Å². The average Bonchev–Trinajstić information content (AvgIpc) is 2.62. The van der Waals surface area contributed by atoms with Crippen LogP contribution in [0.3, 0.4) is 0 Å². The first-order chi connectivity index (χ1) is 8.20. The van der Waals surface area contributed by atoms with Crippen LogP contribution in [-0.2, 0) is 15.9 Å². The molecule has 1 fully saturated rings. The third-order valence-corrected chi connectivity index (χ3v) is 5.78. The first-order valence-electron chi connectivity index (χ1n) is 6.56. The maximum absolute atomic E-state index is 6.59. The van der Waals surface area contributed by atoms with Crippen molar-refractivity contribution in [2.45, 2.75) is 50.2 Å². The number of hydrogen-bond acceptors (Lipinski definition) is 1. The second kappa shape index (κ2) is 4.23. The molecule has 1 spiro atoms. The van der Waals surface area contributed by atoms with E-state index in [2.05, 4.69) is 53.8 Å². The van der Waals surface area contributed by atoms with Crippen LogP contribution in [0.4, 0.5) is 0 Å². The fraction of sp³-hybridized carbons (Fsp3) is 0.600. The van der Waals surface area contributed by atoms with Gasteiger partial charge in [-0.1, -0.05) is 66.1 Å². The summed E-state index contributed by atoms with van der Waals surface area (Å²) in [4.78, 5) is 0. The maximum atomic E-state index is 6.59. The van der Waals surface area contributed by atoms with Gasteiger partial charge in [0.25, 0.3) is 0 Å². The zero-order chi connectivity index (χ0) is 11.9. The fourth-order valence-electron chi connectivity index (χ4n) is 3.48. The molecule has 2 aliphatic rings. The van der Waals surface area contributed by atoms with Crippen molar-refractivity contribution in [3.05, 3.63) is 35.4 Å². The molecule has 0 saturated heterocycles. The van der Waals surface area contributed by atoms with Gasteiger partial charge in [0.2, 0.25) is 0 Å². The molecular formula is C15H19IO. The second-order valence-electron chi connectivity index (χ2n) is 5.57. The van der Waals surface area contributed by atoms with Crippen molar-refractivity contribution < 1.29 is 4.74 Å². The number of hydrogen-bond donors (Lipinski definition) is 0. The molecule has 0 bridgehead atoms. The van der Waals surface area contributed by atoms with Crippen LogP contribution >= 0.6 is 22.6 Å². The minimum atomic E-state index is -0.0749. The van der Waals surface area contributed by atoms with Crippen LogP contribution in [0.1, 0.15) is 50.2 Å². The predicted molar refractivity (Wildman–Crippen MR) is 78.5 cm³/mol. The maximum Gasteiger partial charge on any atom is 0.101 e. The first-order valence-corrected chi connectivity index (χ1v) is 8.09. The number of alkyl halides is 1. The van der Waals surface area contributed by atoms with Crippen molar-refractivity contribution in [3.8, 4) is 0 Å². The fourth-order valence-corrected chi connectivity index (χ4v) is 4.04. The highest BCUT2D eigenvalue weighted by atomic mass is 127. The molecule has 1 aliphatic heterocycles. The van der Waals surface area contributed by atoms with Crippen LogP contribution in [0.15, 0.2) is 24.3 Å². The Morgan fingerprint density at radius 1 is 1.12 bits per heavy atom. The van der Waals surface area contributed by atoms with Crippen molar-refractivity contribution in [1.82, 2.24) is 0 Å². The van der Waals surface area contributed by atoms with Gasteiger partial charge >= 0.3 is 0 Å². The lowest BCUT2D eigenvalue weighted by Gasteiger charge is -2.36. The van der Waals surface area contributed by atoms with E-state index in [1.165, 1.54) is 43.2 Å². The number of ether oxygens (including phenoxy) is 1. The molecule has 0 amide bonds. The van der Waals surface area contributed by atoms with E-state index >= 15 is 0 Å². The molecular weight excluding hydrogens is 323 g/mol. The van der Waals surface area contributed by atoms with E-state index in [-0.39, 0.29) is 11.2 Å². The predicted octanol–water partition coefficient (Wildman–Crippen LogP) is 4.53. The van der Waals surface area contributed by atoms with Gasteiger partial charge < -0.3 is 4.74 Å². The topological polar surface area (TPSA) is 9.23 Å². The number of benzene rings is 1. The number of halogens is 1.